The molecule has 1 aromatic heterocycles. The Morgan fingerprint density at radius 2 is 1.08 bits per heavy atom. The Morgan fingerprint density at radius 3 is 1.63 bits per heavy atom. The number of rotatable bonds is 50. The predicted molar refractivity (Wildman–Crippen MR) is 348 cm³/mol. The van der Waals surface area contributed by atoms with E-state index in [4.69, 9.17) is 17.2 Å². The lowest BCUT2D eigenvalue weighted by Crippen LogP contribution is -2.61. The van der Waals surface area contributed by atoms with Gasteiger partial charge in [-0.2, -0.15) is 0 Å². The monoisotopic (exact) mass is 1290 g/mol. The van der Waals surface area contributed by atoms with Crippen molar-refractivity contribution in [3.05, 3.63) is 54.1 Å². The molecule has 0 fully saturated rings. The van der Waals surface area contributed by atoms with Crippen LogP contribution in [-0.2, 0) is 65.6 Å². The molecule has 0 saturated heterocycles. The lowest BCUT2D eigenvalue weighted by molar-refractivity contribution is -0.139. The zero-order valence-corrected chi connectivity index (χ0v) is 54.9. The first-order valence-electron chi connectivity index (χ1n) is 32.8. The van der Waals surface area contributed by atoms with Gasteiger partial charge in [-0.15, -0.1) is 0 Å². The molecule has 0 saturated carbocycles. The van der Waals surface area contributed by atoms with Crippen LogP contribution in [0.1, 0.15) is 194 Å². The van der Waals surface area contributed by atoms with E-state index in [2.05, 4.69) is 69.7 Å². The molecule has 0 spiro atoms. The maximum Gasteiger partial charge on any atom is 0.303 e. The van der Waals surface area contributed by atoms with Crippen LogP contribution in [0.3, 0.4) is 0 Å². The summed E-state index contributed by atoms with van der Waals surface area (Å²) in [4.78, 5) is 159. The van der Waals surface area contributed by atoms with Crippen LogP contribution < -0.4 is 65.1 Å². The number of carboxylic acid groups (broad SMARTS) is 1. The second-order valence-corrected chi connectivity index (χ2v) is 23.7. The molecule has 9 amide bonds. The van der Waals surface area contributed by atoms with Gasteiger partial charge >= 0.3 is 5.97 Å². The van der Waals surface area contributed by atoms with Crippen molar-refractivity contribution in [1.29, 1.82) is 0 Å². The molecule has 0 radical (unpaired) electrons. The Hall–Kier alpha value is -8.01. The average Bonchev–Trinajstić information content (AvgIpc) is 1.37. The van der Waals surface area contributed by atoms with Crippen LogP contribution in [-0.4, -0.2) is 165 Å². The number of nitrogens with zero attached hydrogens (tertiary/aromatic N) is 2. The van der Waals surface area contributed by atoms with E-state index in [9.17, 15) is 63.0 Å². The van der Waals surface area contributed by atoms with Gasteiger partial charge in [-0.25, -0.2) is 4.98 Å². The molecule has 516 valence electrons. The van der Waals surface area contributed by atoms with Crippen molar-refractivity contribution in [3.63, 3.8) is 0 Å². The number of carbonyl (C=O) groups excluding carboxylic acids is 10. The highest BCUT2D eigenvalue weighted by Gasteiger charge is 2.36. The number of carbonyl (C=O) groups is 11. The molecule has 28 nitrogen and oxygen atoms in total. The fourth-order valence-electron chi connectivity index (χ4n) is 9.99. The second-order valence-electron chi connectivity index (χ2n) is 23.7. The van der Waals surface area contributed by atoms with E-state index in [-0.39, 0.29) is 56.8 Å². The standard InChI is InChI=1S/C64H107N15O13/c1-7-9-10-11-12-13-14-15-16-17-18-19-23-31-52(82)73-49(32-33-54(84)85)59(88)79-56(44(6)81)63(92)78-55(41(3)8-2)62(91)72-42(4)57(86)70-39-53(83)74-51(37-46-38-68-40-71-46)61(90)77-50(36-45-27-21-20-22-28-45)60(89)76-48(30-26-35-69-64(66)67)58(87)75-47(43(5)80)29-24-25-34-65/h20-22,27-28,38,40-42,44,47-51,55-56,81H,7-19,23-26,29-37,39,65H2,1-6H3,(H,68,71)(H,70,86)(H,72,91)(H,73,82)(H,74,83)(H,75,87)(H,76,89)(H,77,90)(H,78,92)(H,79,88)(H,84,85)(H4,66,67,69)/t41-,42-,44+,47-,48-,49?,50-,51-,55-,56-/m0/s1. The number of unbranched alkanes of at least 4 members (excludes halogenated alkanes) is 13. The van der Waals surface area contributed by atoms with Crippen molar-refractivity contribution >= 4 is 70.9 Å². The highest BCUT2D eigenvalue weighted by Crippen LogP contribution is 2.15. The molecule has 0 aliphatic rings. The molecule has 1 heterocycles. The van der Waals surface area contributed by atoms with E-state index in [1.54, 1.807) is 44.2 Å². The van der Waals surface area contributed by atoms with Crippen molar-refractivity contribution in [2.45, 2.75) is 250 Å². The van der Waals surface area contributed by atoms with Crippen LogP contribution in [0.15, 0.2) is 47.8 Å². The largest absolute Gasteiger partial charge is 0.481 e. The molecule has 0 aliphatic heterocycles. The van der Waals surface area contributed by atoms with Gasteiger partial charge in [-0.05, 0) is 83.7 Å². The molecule has 28 heteroatoms. The first kappa shape index (κ1) is 80.1. The van der Waals surface area contributed by atoms with Crippen LogP contribution in [0.25, 0.3) is 0 Å². The number of amides is 9. The number of carboxylic acids is 1. The van der Waals surface area contributed by atoms with Crippen LogP contribution in [0.2, 0.25) is 0 Å². The number of hydrogen-bond acceptors (Lipinski definition) is 15. The average molecular weight is 1290 g/mol. The van der Waals surface area contributed by atoms with E-state index in [0.717, 1.165) is 25.7 Å². The molecule has 1 unspecified atom stereocenters. The Labute approximate surface area is 541 Å². The van der Waals surface area contributed by atoms with E-state index < -0.39 is 132 Å². The number of aliphatic hydroxyl groups excluding tert-OH is 1. The van der Waals surface area contributed by atoms with E-state index in [1.165, 1.54) is 84.7 Å². The number of aliphatic imine (C=N–C) groups is 1. The number of Topliss-reactive ketones (excluding diaryl/α,β-unsaturated/α-hetero) is 1. The molecule has 2 aromatic rings. The lowest BCUT2D eigenvalue weighted by Gasteiger charge is -2.29. The summed E-state index contributed by atoms with van der Waals surface area (Å²) < 4.78 is 0. The van der Waals surface area contributed by atoms with Crippen LogP contribution >= 0.6 is 0 Å². The minimum atomic E-state index is -1.67. The molecule has 1 aromatic carbocycles. The van der Waals surface area contributed by atoms with Crippen molar-refractivity contribution in [1.82, 2.24) is 57.8 Å². The Kier molecular flexibility index (Phi) is 40.1. The molecule has 92 heavy (non-hydrogen) atoms. The highest BCUT2D eigenvalue weighted by molar-refractivity contribution is 5.98. The zero-order chi connectivity index (χ0) is 68.4. The number of aliphatic hydroxyl groups is 1. The summed E-state index contributed by atoms with van der Waals surface area (Å²) >= 11 is 0. The summed E-state index contributed by atoms with van der Waals surface area (Å²) in [6.45, 7) is 9.26. The number of aromatic nitrogens is 2. The van der Waals surface area contributed by atoms with Crippen LogP contribution in [0.5, 0.6) is 0 Å². The summed E-state index contributed by atoms with van der Waals surface area (Å²) in [5.41, 5.74) is 17.7. The number of guanidine groups is 1. The van der Waals surface area contributed by atoms with Gasteiger partial charge in [0, 0.05) is 44.1 Å². The van der Waals surface area contributed by atoms with Crippen LogP contribution in [0, 0.1) is 5.92 Å². The number of nitrogens with two attached hydrogens (primary N) is 3. The zero-order valence-electron chi connectivity index (χ0n) is 54.9. The third-order valence-electron chi connectivity index (χ3n) is 15.7. The molecule has 10 atom stereocenters. The molecular weight excluding hydrogens is 1190 g/mol. The van der Waals surface area contributed by atoms with E-state index in [1.807, 2.05) is 0 Å². The maximum atomic E-state index is 14.4. The summed E-state index contributed by atoms with van der Waals surface area (Å²) in [7, 11) is 0. The van der Waals surface area contributed by atoms with Gasteiger partial charge in [0.05, 0.1) is 25.0 Å². The second kappa shape index (κ2) is 46.1. The van der Waals surface area contributed by atoms with Crippen molar-refractivity contribution in [2.24, 2.45) is 28.1 Å². The Morgan fingerprint density at radius 1 is 0.554 bits per heavy atom. The van der Waals surface area contributed by atoms with Crippen molar-refractivity contribution in [2.75, 3.05) is 19.6 Å². The number of aliphatic carboxylic acids is 1. The number of nitrogens with one attached hydrogen (secondary N) is 10. The number of hydrogen-bond donors (Lipinski definition) is 15. The molecule has 0 bridgehead atoms. The fourth-order valence-corrected chi connectivity index (χ4v) is 9.99. The molecule has 0 aliphatic carbocycles. The normalized spacial score (nSPS) is 14.3. The molecular formula is C64H107N15O13. The maximum absolute atomic E-state index is 14.4. The van der Waals surface area contributed by atoms with Gasteiger partial charge in [-0.1, -0.05) is 135 Å². The number of H-pyrrole nitrogens is 1. The SMILES string of the molecule is CCCCCCCCCCCCCCCC(=O)NC(CCC(=O)O)C(=O)N[C@H](C(=O)N[C@H](C(=O)N[C@@H](C)C(=O)NCC(=O)N[C@@H](Cc1cnc[nH]1)C(=O)N[C@@H](Cc1ccccc1)C(=O)N[C@@H](CCCN=C(N)N)C(=O)N[C@@H](CCCCN)C(C)=O)[C@@H](C)CC)[C@@H](C)O. The summed E-state index contributed by atoms with van der Waals surface area (Å²) in [6.07, 6.45) is 16.8. The van der Waals surface area contributed by atoms with E-state index in [0.29, 0.717) is 49.9 Å². The molecule has 18 N–H and O–H groups in total. The number of aromatic amines is 1. The topological polar surface area (TPSA) is 456 Å². The summed E-state index contributed by atoms with van der Waals surface area (Å²) in [6, 6.07) is -1.84. The first-order chi connectivity index (χ1) is 43.9. The minimum Gasteiger partial charge on any atom is -0.481 e. The van der Waals surface area contributed by atoms with Gasteiger partial charge in [0.2, 0.25) is 53.2 Å². The lowest BCUT2D eigenvalue weighted by atomic mass is 9.97. The first-order valence-corrected chi connectivity index (χ1v) is 32.8. The predicted octanol–water partition coefficient (Wildman–Crippen LogP) is 1.75. The quantitative estimate of drug-likeness (QED) is 0.0255. The highest BCUT2D eigenvalue weighted by atomic mass is 16.4. The minimum absolute atomic E-state index is 0.0320. The van der Waals surface area contributed by atoms with E-state index >= 15 is 0 Å². The number of benzene rings is 1. The third kappa shape index (κ3) is 33.9. The Balaban J connectivity index is 2.18. The summed E-state index contributed by atoms with van der Waals surface area (Å²) in [5.74, 6) is -9.50. The van der Waals surface area contributed by atoms with Crippen molar-refractivity contribution < 1.29 is 63.0 Å². The Bertz CT molecular complexity index is 2600. The van der Waals surface area contributed by atoms with Crippen LogP contribution in [0.4, 0.5) is 0 Å². The molecule has 2 rings (SSSR count). The van der Waals surface area contributed by atoms with Gasteiger partial charge in [0.15, 0.2) is 11.7 Å². The van der Waals surface area contributed by atoms with Gasteiger partial charge < -0.3 is 80.2 Å². The smallest absolute Gasteiger partial charge is 0.303 e. The van der Waals surface area contributed by atoms with Gasteiger partial charge in [0.1, 0.15) is 42.3 Å². The number of ketones is 1. The fraction of sp³-hybridized carbons (Fsp3) is 0.672. The third-order valence-corrected chi connectivity index (χ3v) is 15.7. The van der Waals surface area contributed by atoms with Crippen molar-refractivity contribution in [3.8, 4) is 0 Å². The number of imidazole rings is 1. The van der Waals surface area contributed by atoms with Gasteiger partial charge in [0.25, 0.3) is 0 Å². The summed E-state index contributed by atoms with van der Waals surface area (Å²) in [5, 5.41) is 43.5. The van der Waals surface area contributed by atoms with Gasteiger partial charge in [-0.3, -0.25) is 57.7 Å².